The fraction of sp³-hybridized carbons (Fsp3) is 0.652. The number of fused-ring (bicyclic) bond motifs is 1. The first-order chi connectivity index (χ1) is 13.8. The van der Waals surface area contributed by atoms with Crippen molar-refractivity contribution in [2.75, 3.05) is 32.1 Å². The molecule has 1 aromatic heterocycles. The first kappa shape index (κ1) is 19.8. The topological polar surface area (TPSA) is 36.4 Å². The summed E-state index contributed by atoms with van der Waals surface area (Å²) < 4.78 is 1.11. The second-order valence-corrected chi connectivity index (χ2v) is 11.4. The predicted octanol–water partition coefficient (Wildman–Crippen LogP) is 5.37. The third-order valence-electron chi connectivity index (χ3n) is 7.48. The lowest BCUT2D eigenvalue weighted by Gasteiger charge is -2.56. The highest BCUT2D eigenvalue weighted by Gasteiger charge is 2.56. The molecular weight excluding hydrogens is 402 g/mol. The molecule has 0 N–H and O–H groups in total. The second kappa shape index (κ2) is 7.21. The van der Waals surface area contributed by atoms with E-state index in [-0.39, 0.29) is 5.41 Å². The van der Waals surface area contributed by atoms with Crippen molar-refractivity contribution in [3.05, 3.63) is 22.7 Å². The number of amides is 1. The molecule has 4 bridgehead atoms. The number of aryl methyl sites for hydroxylation is 1. The van der Waals surface area contributed by atoms with E-state index in [0.717, 1.165) is 69.5 Å². The van der Waals surface area contributed by atoms with Crippen molar-refractivity contribution in [1.29, 1.82) is 0 Å². The molecule has 6 rings (SSSR count). The van der Waals surface area contributed by atoms with Gasteiger partial charge in [0, 0.05) is 18.1 Å². The summed E-state index contributed by atoms with van der Waals surface area (Å²) in [6.07, 6.45) is 7.32. The van der Waals surface area contributed by atoms with Gasteiger partial charge in [-0.1, -0.05) is 22.9 Å². The number of rotatable bonds is 5. The van der Waals surface area contributed by atoms with Gasteiger partial charge in [0.05, 0.1) is 15.6 Å². The molecule has 0 saturated heterocycles. The van der Waals surface area contributed by atoms with E-state index in [1.165, 1.54) is 19.3 Å². The Kier molecular flexibility index (Phi) is 4.92. The summed E-state index contributed by atoms with van der Waals surface area (Å²) in [6, 6.07) is 3.97. The average Bonchev–Trinajstić information content (AvgIpc) is 3.08. The van der Waals surface area contributed by atoms with Crippen LogP contribution in [0.2, 0.25) is 5.02 Å². The summed E-state index contributed by atoms with van der Waals surface area (Å²) in [5.74, 6) is 2.62. The number of nitrogens with zero attached hydrogens (tertiary/aromatic N) is 3. The maximum Gasteiger partial charge on any atom is 0.235 e. The zero-order valence-electron chi connectivity index (χ0n) is 17.6. The van der Waals surface area contributed by atoms with Crippen molar-refractivity contribution in [2.45, 2.75) is 45.4 Å². The molecule has 0 unspecified atom stereocenters. The molecule has 0 aliphatic heterocycles. The number of hydrogen-bond acceptors (Lipinski definition) is 4. The molecule has 0 spiro atoms. The maximum atomic E-state index is 14.1. The summed E-state index contributed by atoms with van der Waals surface area (Å²) in [7, 11) is 4.13. The van der Waals surface area contributed by atoms with Crippen LogP contribution >= 0.6 is 22.9 Å². The lowest BCUT2D eigenvalue weighted by molar-refractivity contribution is -0.143. The van der Waals surface area contributed by atoms with E-state index in [0.29, 0.717) is 12.5 Å². The van der Waals surface area contributed by atoms with Crippen LogP contribution in [0.5, 0.6) is 0 Å². The second-order valence-electron chi connectivity index (χ2n) is 9.97. The van der Waals surface area contributed by atoms with Crippen molar-refractivity contribution in [1.82, 2.24) is 9.88 Å². The Hall–Kier alpha value is -1.17. The average molecular weight is 432 g/mol. The van der Waals surface area contributed by atoms with E-state index in [4.69, 9.17) is 16.6 Å². The quantitative estimate of drug-likeness (QED) is 0.638. The standard InChI is InChI=1S/C23H30ClN3OS/c1-14-18(24)4-5-19-20(14)25-22(29-19)27(7-6-26(2)3)21(28)23-11-15-8-16(12-23)10-17(9-15)13-23/h4-5,15-17H,6-13H2,1-3H3. The first-order valence-corrected chi connectivity index (χ1v) is 12.1. The molecule has 4 saturated carbocycles. The summed E-state index contributed by atoms with van der Waals surface area (Å²) in [5, 5.41) is 1.58. The smallest absolute Gasteiger partial charge is 0.235 e. The third kappa shape index (κ3) is 3.39. The van der Waals surface area contributed by atoms with Crippen molar-refractivity contribution >= 4 is 44.2 Å². The van der Waals surface area contributed by atoms with Crippen molar-refractivity contribution in [3.8, 4) is 0 Å². The van der Waals surface area contributed by atoms with Gasteiger partial charge in [-0.3, -0.25) is 9.69 Å². The molecule has 6 heteroatoms. The van der Waals surface area contributed by atoms with Crippen molar-refractivity contribution in [3.63, 3.8) is 0 Å². The maximum absolute atomic E-state index is 14.1. The summed E-state index contributed by atoms with van der Waals surface area (Å²) in [4.78, 5) is 23.2. The van der Waals surface area contributed by atoms with Gasteiger partial charge in [0.15, 0.2) is 5.13 Å². The van der Waals surface area contributed by atoms with Gasteiger partial charge < -0.3 is 4.90 Å². The van der Waals surface area contributed by atoms with E-state index in [1.54, 1.807) is 11.3 Å². The van der Waals surface area contributed by atoms with E-state index >= 15 is 0 Å². The summed E-state index contributed by atoms with van der Waals surface area (Å²) >= 11 is 7.96. The van der Waals surface area contributed by atoms with E-state index in [1.807, 2.05) is 24.0 Å². The Morgan fingerprint density at radius 1 is 1.14 bits per heavy atom. The normalized spacial score (nSPS) is 30.4. The number of thiazole rings is 1. The molecule has 1 aromatic carbocycles. The van der Waals surface area contributed by atoms with Crippen LogP contribution in [-0.4, -0.2) is 43.0 Å². The van der Waals surface area contributed by atoms with Gasteiger partial charge in [-0.2, -0.15) is 0 Å². The van der Waals surface area contributed by atoms with Crippen LogP contribution in [0.4, 0.5) is 5.13 Å². The molecule has 0 atom stereocenters. The SMILES string of the molecule is Cc1c(Cl)ccc2sc(N(CCN(C)C)C(=O)C34CC5CC(CC(C5)C3)C4)nc12. The summed E-state index contributed by atoms with van der Waals surface area (Å²) in [5.41, 5.74) is 1.79. The van der Waals surface area contributed by atoms with Gasteiger partial charge in [0.25, 0.3) is 0 Å². The van der Waals surface area contributed by atoms with Gasteiger partial charge in [0.1, 0.15) is 0 Å². The molecule has 0 radical (unpaired) electrons. The van der Waals surface area contributed by atoms with E-state index in [2.05, 4.69) is 19.0 Å². The largest absolute Gasteiger partial charge is 0.308 e. The van der Waals surface area contributed by atoms with Crippen LogP contribution in [0, 0.1) is 30.1 Å². The number of carbonyl (C=O) groups is 1. The highest BCUT2D eigenvalue weighted by molar-refractivity contribution is 7.22. The van der Waals surface area contributed by atoms with Crippen LogP contribution in [0.1, 0.15) is 44.1 Å². The zero-order chi connectivity index (χ0) is 20.3. The number of likely N-dealkylation sites (N-methyl/N-ethyl adjacent to an activating group) is 1. The van der Waals surface area contributed by atoms with Gasteiger partial charge in [-0.05, 0) is 95.0 Å². The minimum Gasteiger partial charge on any atom is -0.308 e. The number of aromatic nitrogens is 1. The molecule has 2 aromatic rings. The Balaban J connectivity index is 1.52. The molecular formula is C23H30ClN3OS. The Labute approximate surface area is 182 Å². The van der Waals surface area contributed by atoms with Crippen LogP contribution < -0.4 is 4.90 Å². The molecule has 1 amide bonds. The molecule has 156 valence electrons. The van der Waals surface area contributed by atoms with Gasteiger partial charge in [0.2, 0.25) is 5.91 Å². The Bertz CT molecular complexity index is 918. The van der Waals surface area contributed by atoms with Gasteiger partial charge in [-0.15, -0.1) is 0 Å². The van der Waals surface area contributed by atoms with Crippen LogP contribution in [0.3, 0.4) is 0 Å². The number of hydrogen-bond donors (Lipinski definition) is 0. The van der Waals surface area contributed by atoms with Gasteiger partial charge in [-0.25, -0.2) is 4.98 Å². The number of benzene rings is 1. The Morgan fingerprint density at radius 3 is 2.34 bits per heavy atom. The minimum absolute atomic E-state index is 0.147. The number of halogens is 1. The number of anilines is 1. The van der Waals surface area contributed by atoms with E-state index < -0.39 is 0 Å². The monoisotopic (exact) mass is 431 g/mol. The summed E-state index contributed by atoms with van der Waals surface area (Å²) in [6.45, 7) is 3.55. The molecule has 29 heavy (non-hydrogen) atoms. The van der Waals surface area contributed by atoms with Crippen LogP contribution in [0.25, 0.3) is 10.2 Å². The van der Waals surface area contributed by atoms with Crippen molar-refractivity contribution < 1.29 is 4.79 Å². The Morgan fingerprint density at radius 2 is 1.76 bits per heavy atom. The highest BCUT2D eigenvalue weighted by atomic mass is 35.5. The molecule has 4 aliphatic carbocycles. The van der Waals surface area contributed by atoms with Crippen LogP contribution in [-0.2, 0) is 4.79 Å². The molecule has 4 aliphatic rings. The predicted molar refractivity (Wildman–Crippen MR) is 121 cm³/mol. The fourth-order valence-corrected chi connectivity index (χ4v) is 7.65. The highest BCUT2D eigenvalue weighted by Crippen LogP contribution is 2.60. The lowest BCUT2D eigenvalue weighted by atomic mass is 9.49. The molecule has 1 heterocycles. The lowest BCUT2D eigenvalue weighted by Crippen LogP contribution is -2.55. The molecule has 4 fully saturated rings. The molecule has 4 nitrogen and oxygen atoms in total. The van der Waals surface area contributed by atoms with E-state index in [9.17, 15) is 4.79 Å². The van der Waals surface area contributed by atoms with Crippen LogP contribution in [0.15, 0.2) is 12.1 Å². The zero-order valence-corrected chi connectivity index (χ0v) is 19.2. The fourth-order valence-electron chi connectivity index (χ4n) is 6.45. The first-order valence-electron chi connectivity index (χ1n) is 10.9. The third-order valence-corrected chi connectivity index (χ3v) is 8.93. The number of carbonyl (C=O) groups excluding carboxylic acids is 1. The van der Waals surface area contributed by atoms with Crippen molar-refractivity contribution in [2.24, 2.45) is 23.2 Å². The van der Waals surface area contributed by atoms with Gasteiger partial charge >= 0.3 is 0 Å². The minimum atomic E-state index is -0.147.